The summed E-state index contributed by atoms with van der Waals surface area (Å²) in [5, 5.41) is 12.7. The van der Waals surface area contributed by atoms with Crippen LogP contribution in [0.4, 0.5) is 14.5 Å². The highest BCUT2D eigenvalue weighted by Gasteiger charge is 2.31. The van der Waals surface area contributed by atoms with Gasteiger partial charge in [0.2, 0.25) is 5.91 Å². The molecule has 11 nitrogen and oxygen atoms in total. The highest BCUT2D eigenvalue weighted by atomic mass is 35.5. The summed E-state index contributed by atoms with van der Waals surface area (Å²) in [4.78, 5) is 46.6. The zero-order valence-electron chi connectivity index (χ0n) is 24.7. The largest absolute Gasteiger partial charge is 0.338 e. The van der Waals surface area contributed by atoms with Crippen LogP contribution in [0, 0.1) is 18.6 Å². The Morgan fingerprint density at radius 1 is 1.00 bits per heavy atom. The molecular formula is C31H31ClF2N8O3. The number of benzene rings is 2. The first-order valence-corrected chi connectivity index (χ1v) is 14.9. The maximum absolute atomic E-state index is 15.2. The highest BCUT2D eigenvalue weighted by molar-refractivity contribution is 6.34. The molecule has 0 radical (unpaired) electrons. The Labute approximate surface area is 262 Å². The monoisotopic (exact) mass is 636 g/mol. The maximum atomic E-state index is 15.2. The second kappa shape index (κ2) is 12.4. The third-order valence-electron chi connectivity index (χ3n) is 8.36. The minimum atomic E-state index is -1.08. The topological polar surface area (TPSA) is 128 Å². The maximum Gasteiger partial charge on any atom is 0.291 e. The van der Waals surface area contributed by atoms with Crippen molar-refractivity contribution in [3.63, 3.8) is 0 Å². The molecule has 0 bridgehead atoms. The minimum absolute atomic E-state index is 0.0453. The number of halogens is 3. The molecule has 0 unspecified atom stereocenters. The van der Waals surface area contributed by atoms with Crippen molar-refractivity contribution in [2.24, 2.45) is 7.05 Å². The number of carbonyl (C=O) groups excluding carboxylic acids is 3. The molecule has 0 spiro atoms. The van der Waals surface area contributed by atoms with E-state index in [2.05, 4.69) is 25.8 Å². The summed E-state index contributed by atoms with van der Waals surface area (Å²) in [5.41, 5.74) is 1.78. The van der Waals surface area contributed by atoms with Crippen molar-refractivity contribution in [2.45, 2.75) is 25.8 Å². The van der Waals surface area contributed by atoms with Gasteiger partial charge in [-0.05, 0) is 50.6 Å². The third-order valence-corrected chi connectivity index (χ3v) is 8.68. The van der Waals surface area contributed by atoms with Crippen molar-refractivity contribution in [3.8, 4) is 22.4 Å². The normalized spacial score (nSPS) is 16.7. The van der Waals surface area contributed by atoms with E-state index in [4.69, 9.17) is 11.6 Å². The molecule has 0 aliphatic carbocycles. The number of aromatic amines is 1. The second-order valence-corrected chi connectivity index (χ2v) is 11.5. The van der Waals surface area contributed by atoms with Gasteiger partial charge in [0, 0.05) is 61.8 Å². The van der Waals surface area contributed by atoms with E-state index in [1.54, 1.807) is 22.8 Å². The van der Waals surface area contributed by atoms with Gasteiger partial charge >= 0.3 is 0 Å². The molecule has 3 amide bonds. The van der Waals surface area contributed by atoms with Crippen molar-refractivity contribution in [1.82, 2.24) is 34.9 Å². The number of piperazine rings is 1. The molecule has 2 aromatic carbocycles. The fraction of sp³-hybridized carbons (Fsp3) is 0.323. The molecule has 2 aliphatic rings. The lowest BCUT2D eigenvalue weighted by Gasteiger charge is -2.36. The van der Waals surface area contributed by atoms with E-state index in [9.17, 15) is 14.4 Å². The fourth-order valence-corrected chi connectivity index (χ4v) is 6.09. The molecule has 2 saturated heterocycles. The van der Waals surface area contributed by atoms with Crippen LogP contribution in [0.25, 0.3) is 22.4 Å². The zero-order valence-corrected chi connectivity index (χ0v) is 25.4. The number of H-pyrrole nitrogens is 1. The molecule has 4 aromatic rings. The Hall–Kier alpha value is -4.62. The molecule has 4 heterocycles. The number of rotatable bonds is 6. The quantitative estimate of drug-likeness (QED) is 0.294. The number of aryl methyl sites for hydroxylation is 1. The molecule has 234 valence electrons. The molecule has 3 N–H and O–H groups in total. The van der Waals surface area contributed by atoms with Crippen LogP contribution < -0.4 is 10.6 Å². The van der Waals surface area contributed by atoms with E-state index in [1.165, 1.54) is 48.3 Å². The van der Waals surface area contributed by atoms with Gasteiger partial charge in [-0.3, -0.25) is 19.5 Å². The van der Waals surface area contributed by atoms with E-state index in [0.29, 0.717) is 43.1 Å². The van der Waals surface area contributed by atoms with Gasteiger partial charge in [-0.25, -0.2) is 13.8 Å². The first-order valence-electron chi connectivity index (χ1n) is 14.6. The van der Waals surface area contributed by atoms with Crippen LogP contribution >= 0.6 is 11.6 Å². The summed E-state index contributed by atoms with van der Waals surface area (Å²) in [6.07, 6.45) is 4.60. The van der Waals surface area contributed by atoms with Crippen molar-refractivity contribution in [1.29, 1.82) is 0 Å². The van der Waals surface area contributed by atoms with Gasteiger partial charge in [0.15, 0.2) is 17.5 Å². The smallest absolute Gasteiger partial charge is 0.291 e. The van der Waals surface area contributed by atoms with Gasteiger partial charge < -0.3 is 25.0 Å². The van der Waals surface area contributed by atoms with Crippen LogP contribution in [0.2, 0.25) is 5.02 Å². The number of nitrogens with zero attached hydrogens (tertiary/aromatic N) is 5. The molecule has 2 aromatic heterocycles. The van der Waals surface area contributed by atoms with E-state index >= 15 is 8.78 Å². The Kier molecular flexibility index (Phi) is 8.38. The molecule has 6 rings (SSSR count). The van der Waals surface area contributed by atoms with Crippen LogP contribution in [0.15, 0.2) is 42.7 Å². The molecule has 45 heavy (non-hydrogen) atoms. The molecular weight excluding hydrogens is 606 g/mol. The predicted octanol–water partition coefficient (Wildman–Crippen LogP) is 4.01. The number of nitrogens with one attached hydrogen (secondary N) is 3. The molecule has 1 atom stereocenters. The van der Waals surface area contributed by atoms with Gasteiger partial charge in [-0.1, -0.05) is 17.7 Å². The molecule has 0 saturated carbocycles. The SMILES string of the molecule is Cc1n[nH]cc1-c1ccc(-c2cnc(C(=O)Nc3ccc(C(=O)N4CCN(C(=O)[C@@H]5CCCN5)CC4)c(Cl)c3)n2C)c(F)c1F. The van der Waals surface area contributed by atoms with Crippen molar-refractivity contribution in [2.75, 3.05) is 38.0 Å². The lowest BCUT2D eigenvalue weighted by Crippen LogP contribution is -2.54. The fourth-order valence-electron chi connectivity index (χ4n) is 5.83. The number of aromatic nitrogens is 4. The van der Waals surface area contributed by atoms with Gasteiger partial charge in [0.05, 0.1) is 34.2 Å². The summed E-state index contributed by atoms with van der Waals surface area (Å²) < 4.78 is 31.6. The number of amides is 3. The average Bonchev–Trinajstić information content (AvgIpc) is 3.80. The standard InChI is InChI=1S/C31H31ClF2N8O3/c1-17-22(15-37-39-17)19-7-8-21(27(34)26(19)33)25-16-36-28(40(25)2)29(43)38-18-5-6-20(23(32)14-18)30(44)41-10-12-42(13-11-41)31(45)24-4-3-9-35-24/h5-8,14-16,24,35H,3-4,9-13H2,1-2H3,(H,37,39)(H,38,43)/t24-/m0/s1. The number of carbonyl (C=O) groups is 3. The number of hydrogen-bond acceptors (Lipinski definition) is 6. The van der Waals surface area contributed by atoms with Gasteiger partial charge in [-0.15, -0.1) is 0 Å². The van der Waals surface area contributed by atoms with Gasteiger partial charge in [-0.2, -0.15) is 5.10 Å². The summed E-state index contributed by atoms with van der Waals surface area (Å²) in [5.74, 6) is -2.95. The number of hydrogen-bond donors (Lipinski definition) is 3. The van der Waals surface area contributed by atoms with Gasteiger partial charge in [0.1, 0.15) is 0 Å². The van der Waals surface area contributed by atoms with Crippen LogP contribution in [0.5, 0.6) is 0 Å². The Bertz CT molecular complexity index is 1790. The first-order chi connectivity index (χ1) is 21.6. The lowest BCUT2D eigenvalue weighted by atomic mass is 10.0. The van der Waals surface area contributed by atoms with Gasteiger partial charge in [0.25, 0.3) is 11.8 Å². The van der Waals surface area contributed by atoms with Crippen LogP contribution in [0.1, 0.15) is 39.5 Å². The zero-order chi connectivity index (χ0) is 31.8. The Morgan fingerprint density at radius 3 is 2.38 bits per heavy atom. The van der Waals surface area contributed by atoms with Crippen LogP contribution in [0.3, 0.4) is 0 Å². The Balaban J connectivity index is 1.12. The van der Waals surface area contributed by atoms with Crippen LogP contribution in [-0.2, 0) is 11.8 Å². The molecule has 2 fully saturated rings. The summed E-state index contributed by atoms with van der Waals surface area (Å²) >= 11 is 6.47. The van der Waals surface area contributed by atoms with Crippen molar-refractivity contribution >= 4 is 35.0 Å². The highest BCUT2D eigenvalue weighted by Crippen LogP contribution is 2.32. The van der Waals surface area contributed by atoms with Crippen molar-refractivity contribution in [3.05, 3.63) is 76.5 Å². The second-order valence-electron chi connectivity index (χ2n) is 11.1. The van der Waals surface area contributed by atoms with Crippen molar-refractivity contribution < 1.29 is 23.2 Å². The first kappa shape index (κ1) is 30.4. The lowest BCUT2D eigenvalue weighted by molar-refractivity contribution is -0.134. The predicted molar refractivity (Wildman–Crippen MR) is 164 cm³/mol. The number of anilines is 1. The van der Waals surface area contributed by atoms with E-state index in [1.807, 2.05) is 0 Å². The van der Waals surface area contributed by atoms with E-state index in [-0.39, 0.29) is 51.1 Å². The molecule has 2 aliphatic heterocycles. The summed E-state index contributed by atoms with van der Waals surface area (Å²) in [7, 11) is 1.52. The number of imidazole rings is 1. The van der Waals surface area contributed by atoms with E-state index < -0.39 is 17.5 Å². The Morgan fingerprint density at radius 2 is 1.71 bits per heavy atom. The summed E-state index contributed by atoms with van der Waals surface area (Å²) in [6.45, 7) is 4.21. The average molecular weight is 637 g/mol. The van der Waals surface area contributed by atoms with E-state index in [0.717, 1.165) is 19.4 Å². The molecule has 14 heteroatoms. The van der Waals surface area contributed by atoms with Crippen LogP contribution in [-0.4, -0.2) is 86.0 Å². The minimum Gasteiger partial charge on any atom is -0.338 e. The summed E-state index contributed by atoms with van der Waals surface area (Å²) in [6, 6.07) is 7.29. The third kappa shape index (κ3) is 5.80.